The summed E-state index contributed by atoms with van der Waals surface area (Å²) in [6, 6.07) is 0. The van der Waals surface area contributed by atoms with E-state index in [1.165, 1.54) is 19.3 Å². The maximum absolute atomic E-state index is 4.26. The summed E-state index contributed by atoms with van der Waals surface area (Å²) >= 11 is 0. The zero-order valence-corrected chi connectivity index (χ0v) is 13.3. The number of hydrogen-bond acceptors (Lipinski definition) is 3. The summed E-state index contributed by atoms with van der Waals surface area (Å²) in [5.41, 5.74) is 0. The normalized spacial score (nSPS) is 15.3. The van der Waals surface area contributed by atoms with Crippen molar-refractivity contribution < 1.29 is 0 Å². The van der Waals surface area contributed by atoms with E-state index in [1.54, 1.807) is 7.05 Å². The highest BCUT2D eigenvalue weighted by molar-refractivity contribution is 14.0. The van der Waals surface area contributed by atoms with Crippen molar-refractivity contribution in [1.29, 1.82) is 0 Å². The van der Waals surface area contributed by atoms with Crippen LogP contribution in [0.2, 0.25) is 0 Å². The van der Waals surface area contributed by atoms with E-state index in [-0.39, 0.29) is 24.0 Å². The van der Waals surface area contributed by atoms with Gasteiger partial charge in [-0.3, -0.25) is 4.99 Å². The van der Waals surface area contributed by atoms with Crippen LogP contribution in [0.4, 0.5) is 0 Å². The molecule has 0 radical (unpaired) electrons. The molecule has 0 fully saturated rings. The summed E-state index contributed by atoms with van der Waals surface area (Å²) in [5.74, 6) is 2.90. The lowest BCUT2D eigenvalue weighted by Crippen LogP contribution is -2.34. The van der Waals surface area contributed by atoms with Crippen LogP contribution in [0.25, 0.3) is 0 Å². The van der Waals surface area contributed by atoms with Crippen molar-refractivity contribution in [1.82, 2.24) is 25.4 Å². The SMILES string of the molecule is CN=C(NC)NCc1nnc2n1CCCCC2.I. The molecule has 0 bridgehead atoms. The molecule has 7 heteroatoms. The van der Waals surface area contributed by atoms with E-state index in [9.17, 15) is 0 Å². The first-order chi connectivity index (χ1) is 8.35. The van der Waals surface area contributed by atoms with Crippen LogP contribution in [0.5, 0.6) is 0 Å². The molecule has 0 aliphatic carbocycles. The van der Waals surface area contributed by atoms with E-state index in [0.717, 1.165) is 30.6 Å². The van der Waals surface area contributed by atoms with E-state index < -0.39 is 0 Å². The minimum Gasteiger partial charge on any atom is -0.359 e. The van der Waals surface area contributed by atoms with E-state index in [1.807, 2.05) is 7.05 Å². The number of rotatable bonds is 2. The number of guanidine groups is 1. The Kier molecular flexibility index (Phi) is 6.37. The third-order valence-corrected chi connectivity index (χ3v) is 3.06. The average Bonchev–Trinajstić information content (AvgIpc) is 2.60. The van der Waals surface area contributed by atoms with E-state index in [2.05, 4.69) is 30.4 Å². The predicted molar refractivity (Wildman–Crippen MR) is 82.3 cm³/mol. The smallest absolute Gasteiger partial charge is 0.191 e. The molecule has 0 unspecified atom stereocenters. The zero-order valence-electron chi connectivity index (χ0n) is 10.9. The number of nitrogens with zero attached hydrogens (tertiary/aromatic N) is 4. The van der Waals surface area contributed by atoms with Gasteiger partial charge in [0.1, 0.15) is 5.82 Å². The van der Waals surface area contributed by atoms with Gasteiger partial charge in [0.2, 0.25) is 0 Å². The molecule has 2 rings (SSSR count). The summed E-state index contributed by atoms with van der Waals surface area (Å²) in [5, 5.41) is 14.7. The number of nitrogens with one attached hydrogen (secondary N) is 2. The molecule has 1 aliphatic rings. The highest BCUT2D eigenvalue weighted by Crippen LogP contribution is 2.14. The van der Waals surface area contributed by atoms with Gasteiger partial charge < -0.3 is 15.2 Å². The van der Waals surface area contributed by atoms with E-state index in [0.29, 0.717) is 6.54 Å². The summed E-state index contributed by atoms with van der Waals surface area (Å²) in [6.45, 7) is 1.71. The molecule has 18 heavy (non-hydrogen) atoms. The third-order valence-electron chi connectivity index (χ3n) is 3.06. The Balaban J connectivity index is 0.00000162. The number of aryl methyl sites for hydroxylation is 1. The highest BCUT2D eigenvalue weighted by Gasteiger charge is 2.14. The van der Waals surface area contributed by atoms with Crippen molar-refractivity contribution >= 4 is 29.9 Å². The molecule has 1 aliphatic heterocycles. The molecular formula is C11H21IN6. The molecule has 0 amide bonds. The number of fused-ring (bicyclic) bond motifs is 1. The van der Waals surface area contributed by atoms with Crippen LogP contribution in [0.3, 0.4) is 0 Å². The van der Waals surface area contributed by atoms with Gasteiger partial charge >= 0.3 is 0 Å². The maximum atomic E-state index is 4.26. The lowest BCUT2D eigenvalue weighted by atomic mass is 10.2. The third kappa shape index (κ3) is 3.56. The largest absolute Gasteiger partial charge is 0.359 e. The average molecular weight is 364 g/mol. The van der Waals surface area contributed by atoms with E-state index >= 15 is 0 Å². The van der Waals surface area contributed by atoms with Crippen LogP contribution in [0, 0.1) is 0 Å². The fraction of sp³-hybridized carbons (Fsp3) is 0.727. The molecule has 2 heterocycles. The maximum Gasteiger partial charge on any atom is 0.191 e. The van der Waals surface area contributed by atoms with Crippen molar-refractivity contribution in [2.75, 3.05) is 14.1 Å². The van der Waals surface area contributed by atoms with E-state index in [4.69, 9.17) is 0 Å². The molecule has 0 atom stereocenters. The van der Waals surface area contributed by atoms with Gasteiger partial charge in [-0.25, -0.2) is 0 Å². The summed E-state index contributed by atoms with van der Waals surface area (Å²) in [7, 11) is 3.60. The van der Waals surface area contributed by atoms with Crippen molar-refractivity contribution in [3.8, 4) is 0 Å². The molecule has 0 spiro atoms. The lowest BCUT2D eigenvalue weighted by molar-refractivity contribution is 0.597. The zero-order chi connectivity index (χ0) is 12.1. The highest BCUT2D eigenvalue weighted by atomic mass is 127. The van der Waals surface area contributed by atoms with Gasteiger partial charge in [0.25, 0.3) is 0 Å². The number of aromatic nitrogens is 3. The molecule has 1 aromatic rings. The number of halogens is 1. The second-order valence-corrected chi connectivity index (χ2v) is 4.17. The first-order valence-electron chi connectivity index (χ1n) is 6.14. The summed E-state index contributed by atoms with van der Waals surface area (Å²) in [4.78, 5) is 4.07. The van der Waals surface area contributed by atoms with Crippen molar-refractivity contribution in [2.45, 2.75) is 38.8 Å². The van der Waals surface area contributed by atoms with Crippen LogP contribution in [0.1, 0.15) is 30.9 Å². The minimum atomic E-state index is 0. The van der Waals surface area contributed by atoms with Gasteiger partial charge in [-0.2, -0.15) is 0 Å². The number of aliphatic imine (C=N–C) groups is 1. The monoisotopic (exact) mass is 364 g/mol. The van der Waals surface area contributed by atoms with Crippen molar-refractivity contribution in [3.63, 3.8) is 0 Å². The Labute approximate surface area is 125 Å². The standard InChI is InChI=1S/C11H20N6.HI/c1-12-11(13-2)14-8-10-16-15-9-6-4-3-5-7-17(9)10;/h3-8H2,1-2H3,(H2,12,13,14);1H. The van der Waals surface area contributed by atoms with Gasteiger partial charge in [-0.05, 0) is 12.8 Å². The molecule has 0 saturated carbocycles. The fourth-order valence-electron chi connectivity index (χ4n) is 2.12. The van der Waals surface area contributed by atoms with Crippen molar-refractivity contribution in [2.24, 2.45) is 4.99 Å². The van der Waals surface area contributed by atoms with Gasteiger partial charge in [-0.1, -0.05) is 6.42 Å². The van der Waals surface area contributed by atoms with Gasteiger partial charge in [0, 0.05) is 27.1 Å². The Morgan fingerprint density at radius 3 is 2.89 bits per heavy atom. The van der Waals surface area contributed by atoms with Gasteiger partial charge in [0.05, 0.1) is 6.54 Å². The molecule has 2 N–H and O–H groups in total. The minimum absolute atomic E-state index is 0. The Morgan fingerprint density at radius 2 is 2.17 bits per heavy atom. The second kappa shape index (κ2) is 7.55. The Morgan fingerprint density at radius 1 is 1.33 bits per heavy atom. The van der Waals surface area contributed by atoms with Gasteiger partial charge in [-0.15, -0.1) is 34.2 Å². The molecule has 102 valence electrons. The Hall–Kier alpha value is -0.860. The van der Waals surface area contributed by atoms with Crippen LogP contribution in [-0.2, 0) is 19.5 Å². The van der Waals surface area contributed by atoms with Gasteiger partial charge in [0.15, 0.2) is 11.8 Å². The van der Waals surface area contributed by atoms with Crippen LogP contribution in [0.15, 0.2) is 4.99 Å². The van der Waals surface area contributed by atoms with Crippen LogP contribution >= 0.6 is 24.0 Å². The first-order valence-corrected chi connectivity index (χ1v) is 6.14. The fourth-order valence-corrected chi connectivity index (χ4v) is 2.12. The topological polar surface area (TPSA) is 67.1 Å². The molecule has 0 saturated heterocycles. The second-order valence-electron chi connectivity index (χ2n) is 4.17. The molecule has 1 aromatic heterocycles. The Bertz CT molecular complexity index is 400. The first kappa shape index (κ1) is 15.2. The number of hydrogen-bond donors (Lipinski definition) is 2. The summed E-state index contributed by atoms with van der Waals surface area (Å²) in [6.07, 6.45) is 4.78. The predicted octanol–water partition coefficient (Wildman–Crippen LogP) is 0.917. The van der Waals surface area contributed by atoms with Crippen LogP contribution in [-0.4, -0.2) is 34.8 Å². The summed E-state index contributed by atoms with van der Waals surface area (Å²) < 4.78 is 2.24. The molecular weight excluding hydrogens is 343 g/mol. The molecule has 0 aromatic carbocycles. The van der Waals surface area contributed by atoms with Crippen molar-refractivity contribution in [3.05, 3.63) is 11.6 Å². The van der Waals surface area contributed by atoms with Crippen LogP contribution < -0.4 is 10.6 Å². The lowest BCUT2D eigenvalue weighted by Gasteiger charge is -2.10. The quantitative estimate of drug-likeness (QED) is 0.465. The molecule has 6 nitrogen and oxygen atoms in total.